The molecule has 7 nitrogen and oxygen atoms in total. The van der Waals surface area contributed by atoms with E-state index < -0.39 is 16.0 Å². The Morgan fingerprint density at radius 1 is 1.00 bits per heavy atom. The number of halogens is 1. The number of carbonyl (C=O) groups excluding carboxylic acids is 2. The monoisotopic (exact) mass is 576 g/mol. The zero-order chi connectivity index (χ0) is 24.8. The van der Waals surface area contributed by atoms with Gasteiger partial charge < -0.3 is 9.64 Å². The summed E-state index contributed by atoms with van der Waals surface area (Å²) in [5.41, 5.74) is 1.43. The maximum atomic E-state index is 12.7. The third-order valence-corrected chi connectivity index (χ3v) is 9.35. The third-order valence-electron chi connectivity index (χ3n) is 5.87. The number of nitrogens with zero attached hydrogens (tertiary/aromatic N) is 1. The second-order valence-corrected chi connectivity index (χ2v) is 12.7. The van der Waals surface area contributed by atoms with Crippen molar-refractivity contribution >= 4 is 54.9 Å². The van der Waals surface area contributed by atoms with Gasteiger partial charge in [0.1, 0.15) is 4.21 Å². The zero-order valence-corrected chi connectivity index (χ0v) is 22.1. The van der Waals surface area contributed by atoms with Crippen molar-refractivity contribution in [1.82, 2.24) is 4.90 Å². The molecule has 0 spiro atoms. The number of nitrogens with one attached hydrogen (secondary N) is 1. The second kappa shape index (κ2) is 11.4. The van der Waals surface area contributed by atoms with Crippen LogP contribution in [0.5, 0.6) is 0 Å². The van der Waals surface area contributed by atoms with E-state index >= 15 is 0 Å². The number of rotatable bonds is 8. The highest BCUT2D eigenvalue weighted by molar-refractivity contribution is 9.11. The van der Waals surface area contributed by atoms with E-state index in [2.05, 4.69) is 32.8 Å². The minimum absolute atomic E-state index is 0.0427. The highest BCUT2D eigenvalue weighted by Crippen LogP contribution is 2.29. The molecule has 10 heteroatoms. The van der Waals surface area contributed by atoms with Gasteiger partial charge in [-0.15, -0.1) is 11.3 Å². The van der Waals surface area contributed by atoms with Gasteiger partial charge in [0, 0.05) is 13.1 Å². The summed E-state index contributed by atoms with van der Waals surface area (Å²) < 4.78 is 33.8. The number of likely N-dealkylation sites (tertiary alicyclic amines) is 1. The van der Waals surface area contributed by atoms with Crippen LogP contribution in [0.1, 0.15) is 28.8 Å². The summed E-state index contributed by atoms with van der Waals surface area (Å²) in [7, 11) is -3.87. The normalized spacial score (nSPS) is 14.5. The Balaban J connectivity index is 1.31. The first-order valence-electron chi connectivity index (χ1n) is 11.2. The fourth-order valence-electron chi connectivity index (χ4n) is 4.02. The molecule has 35 heavy (non-hydrogen) atoms. The molecular formula is C25H25BrN2O5S2. The number of benzene rings is 2. The SMILES string of the molecule is O=C(OCC(=O)N1CCC(Cc2ccccc2)CC1)c1ccccc1NS(=O)(=O)c1ccc(Br)s1. The number of esters is 1. The molecule has 2 aromatic carbocycles. The average molecular weight is 578 g/mol. The van der Waals surface area contributed by atoms with Crippen molar-refractivity contribution in [3.05, 3.63) is 81.6 Å². The Morgan fingerprint density at radius 2 is 1.69 bits per heavy atom. The zero-order valence-electron chi connectivity index (χ0n) is 18.9. The van der Waals surface area contributed by atoms with Gasteiger partial charge in [0.15, 0.2) is 6.61 Å². The van der Waals surface area contributed by atoms with Gasteiger partial charge in [-0.1, -0.05) is 42.5 Å². The van der Waals surface area contributed by atoms with Crippen molar-refractivity contribution in [1.29, 1.82) is 0 Å². The Bertz CT molecular complexity index is 1290. The maximum absolute atomic E-state index is 12.7. The first-order valence-corrected chi connectivity index (χ1v) is 14.3. The summed E-state index contributed by atoms with van der Waals surface area (Å²) in [6.07, 6.45) is 2.79. The lowest BCUT2D eigenvalue weighted by molar-refractivity contribution is -0.135. The minimum atomic E-state index is -3.87. The van der Waals surface area contributed by atoms with Crippen molar-refractivity contribution in [2.45, 2.75) is 23.5 Å². The molecule has 184 valence electrons. The van der Waals surface area contributed by atoms with Crippen LogP contribution < -0.4 is 4.72 Å². The molecule has 1 aliphatic heterocycles. The van der Waals surface area contributed by atoms with Crippen molar-refractivity contribution in [2.24, 2.45) is 5.92 Å². The van der Waals surface area contributed by atoms with E-state index in [1.54, 1.807) is 23.1 Å². The van der Waals surface area contributed by atoms with Crippen molar-refractivity contribution in [3.63, 3.8) is 0 Å². The smallest absolute Gasteiger partial charge is 0.340 e. The number of thiophene rings is 1. The van der Waals surface area contributed by atoms with Gasteiger partial charge in [0.05, 0.1) is 15.0 Å². The summed E-state index contributed by atoms with van der Waals surface area (Å²) in [6, 6.07) is 19.6. The van der Waals surface area contributed by atoms with Crippen LogP contribution >= 0.6 is 27.3 Å². The molecule has 1 aromatic heterocycles. The Kier molecular flexibility index (Phi) is 8.25. The van der Waals surface area contributed by atoms with Crippen molar-refractivity contribution in [2.75, 3.05) is 24.4 Å². The van der Waals surface area contributed by atoms with E-state index in [0.29, 0.717) is 22.8 Å². The lowest BCUT2D eigenvalue weighted by atomic mass is 9.90. The molecule has 1 N–H and O–H groups in total. The van der Waals surface area contributed by atoms with Crippen LogP contribution in [0, 0.1) is 5.92 Å². The summed E-state index contributed by atoms with van der Waals surface area (Å²) in [6.45, 7) is 0.864. The van der Waals surface area contributed by atoms with E-state index in [1.165, 1.54) is 23.8 Å². The molecule has 0 radical (unpaired) electrons. The summed E-state index contributed by atoms with van der Waals surface area (Å²) in [4.78, 5) is 27.1. The Hall–Kier alpha value is -2.69. The third kappa shape index (κ3) is 6.71. The van der Waals surface area contributed by atoms with Gasteiger partial charge in [0.2, 0.25) is 0 Å². The molecular weight excluding hydrogens is 552 g/mol. The molecule has 1 saturated heterocycles. The maximum Gasteiger partial charge on any atom is 0.340 e. The van der Waals surface area contributed by atoms with E-state index in [0.717, 1.165) is 30.6 Å². The number of amides is 1. The molecule has 1 aliphatic rings. The van der Waals surface area contributed by atoms with Gasteiger partial charge in [0.25, 0.3) is 15.9 Å². The largest absolute Gasteiger partial charge is 0.452 e. The summed E-state index contributed by atoms with van der Waals surface area (Å²) >= 11 is 4.31. The Labute approximate surface area is 217 Å². The van der Waals surface area contributed by atoms with Crippen LogP contribution in [-0.2, 0) is 26.0 Å². The predicted octanol–water partition coefficient (Wildman–Crippen LogP) is 4.95. The molecule has 1 amide bonds. The van der Waals surface area contributed by atoms with Crippen molar-refractivity contribution in [3.8, 4) is 0 Å². The van der Waals surface area contributed by atoms with Gasteiger partial charge in [-0.3, -0.25) is 9.52 Å². The number of ether oxygens (including phenoxy) is 1. The molecule has 0 saturated carbocycles. The topological polar surface area (TPSA) is 92.8 Å². The van der Waals surface area contributed by atoms with E-state index in [4.69, 9.17) is 4.74 Å². The second-order valence-electron chi connectivity index (χ2n) is 8.30. The molecule has 0 aliphatic carbocycles. The van der Waals surface area contributed by atoms with Crippen LogP contribution in [0.25, 0.3) is 0 Å². The molecule has 3 aromatic rings. The molecule has 0 atom stereocenters. The standard InChI is InChI=1S/C25H25BrN2O5S2/c26-22-10-11-24(34-22)35(31,32)27-21-9-5-4-8-20(21)25(30)33-17-23(29)28-14-12-19(13-15-28)16-18-6-2-1-3-7-18/h1-11,19,27H,12-17H2. The Morgan fingerprint density at radius 3 is 2.37 bits per heavy atom. The quantitative estimate of drug-likeness (QED) is 0.383. The fraction of sp³-hybridized carbons (Fsp3) is 0.280. The molecule has 1 fully saturated rings. The fourth-order valence-corrected chi connectivity index (χ4v) is 7.11. The van der Waals surface area contributed by atoms with E-state index in [9.17, 15) is 18.0 Å². The number of hydrogen-bond donors (Lipinski definition) is 1. The number of sulfonamides is 1. The van der Waals surface area contributed by atoms with Gasteiger partial charge in [-0.25, -0.2) is 13.2 Å². The van der Waals surface area contributed by atoms with Gasteiger partial charge in [-0.05, 0) is 70.9 Å². The highest BCUT2D eigenvalue weighted by Gasteiger charge is 2.25. The minimum Gasteiger partial charge on any atom is -0.452 e. The number of carbonyl (C=O) groups is 2. The van der Waals surface area contributed by atoms with Crippen molar-refractivity contribution < 1.29 is 22.7 Å². The molecule has 2 heterocycles. The van der Waals surface area contributed by atoms with Crippen LogP contribution in [0.15, 0.2) is 74.7 Å². The van der Waals surface area contributed by atoms with Gasteiger partial charge in [-0.2, -0.15) is 0 Å². The number of anilines is 1. The highest BCUT2D eigenvalue weighted by atomic mass is 79.9. The first-order chi connectivity index (χ1) is 16.8. The summed E-state index contributed by atoms with van der Waals surface area (Å²) in [5.74, 6) is -0.492. The van der Waals surface area contributed by atoms with Crippen LogP contribution in [0.3, 0.4) is 0 Å². The molecule has 0 unspecified atom stereocenters. The van der Waals surface area contributed by atoms with E-state index in [-0.39, 0.29) is 28.0 Å². The van der Waals surface area contributed by atoms with Gasteiger partial charge >= 0.3 is 5.97 Å². The van der Waals surface area contributed by atoms with Crippen LogP contribution in [0.4, 0.5) is 5.69 Å². The lowest BCUT2D eigenvalue weighted by Crippen LogP contribution is -2.41. The lowest BCUT2D eigenvalue weighted by Gasteiger charge is -2.32. The predicted molar refractivity (Wildman–Crippen MR) is 139 cm³/mol. The first kappa shape index (κ1) is 25.4. The number of hydrogen-bond acceptors (Lipinski definition) is 6. The number of para-hydroxylation sites is 1. The molecule has 4 rings (SSSR count). The van der Waals surface area contributed by atoms with Crippen LogP contribution in [-0.4, -0.2) is 44.9 Å². The molecule has 0 bridgehead atoms. The van der Waals surface area contributed by atoms with Crippen LogP contribution in [0.2, 0.25) is 0 Å². The number of piperidine rings is 1. The average Bonchev–Trinajstić information content (AvgIpc) is 3.31. The summed E-state index contributed by atoms with van der Waals surface area (Å²) in [5, 5.41) is 0. The van der Waals surface area contributed by atoms with E-state index in [1.807, 2.05) is 18.2 Å².